The number of hydrogen-bond acceptors (Lipinski definition) is 5. The maximum absolute atomic E-state index is 12.9. The zero-order valence-electron chi connectivity index (χ0n) is 13.1. The minimum absolute atomic E-state index is 0.135. The highest BCUT2D eigenvalue weighted by atomic mass is 32.1. The molecule has 2 rings (SSSR count). The first-order valence-corrected chi connectivity index (χ1v) is 8.24. The van der Waals surface area contributed by atoms with Crippen LogP contribution in [0.5, 0.6) is 0 Å². The van der Waals surface area contributed by atoms with E-state index >= 15 is 0 Å². The molecule has 2 aromatic rings. The predicted molar refractivity (Wildman–Crippen MR) is 88.4 cm³/mol. The van der Waals surface area contributed by atoms with Crippen LogP contribution in [-0.2, 0) is 11.3 Å². The molecule has 2 N–H and O–H groups in total. The van der Waals surface area contributed by atoms with Crippen LogP contribution in [0.25, 0.3) is 0 Å². The van der Waals surface area contributed by atoms with Crippen molar-refractivity contribution in [3.05, 3.63) is 40.5 Å². The molecule has 0 unspecified atom stereocenters. The van der Waals surface area contributed by atoms with E-state index in [2.05, 4.69) is 5.32 Å². The topological polar surface area (TPSA) is 82.8 Å². The average Bonchev–Trinajstić information content (AvgIpc) is 3.17. The summed E-state index contributed by atoms with van der Waals surface area (Å²) in [7, 11) is 0. The van der Waals surface area contributed by atoms with Gasteiger partial charge in [0.15, 0.2) is 0 Å². The lowest BCUT2D eigenvalue weighted by atomic mass is 10.1. The Kier molecular flexibility index (Phi) is 5.95. The normalized spacial score (nSPS) is 12.0. The number of thiophene rings is 1. The predicted octanol–water partition coefficient (Wildman–Crippen LogP) is 2.71. The molecule has 124 valence electrons. The van der Waals surface area contributed by atoms with Gasteiger partial charge in [-0.25, -0.2) is 0 Å². The van der Waals surface area contributed by atoms with Crippen LogP contribution in [0.3, 0.4) is 0 Å². The van der Waals surface area contributed by atoms with Crippen molar-refractivity contribution in [3.63, 3.8) is 0 Å². The lowest BCUT2D eigenvalue weighted by molar-refractivity contribution is -0.114. The van der Waals surface area contributed by atoms with Crippen LogP contribution < -0.4 is 5.32 Å². The number of amides is 2. The second-order valence-corrected chi connectivity index (χ2v) is 6.02. The Bertz CT molecular complexity index is 647. The number of carbonyl (C=O) groups is 2. The van der Waals surface area contributed by atoms with Gasteiger partial charge in [-0.2, -0.15) is 0 Å². The van der Waals surface area contributed by atoms with Crippen LogP contribution >= 0.6 is 11.3 Å². The molecule has 0 saturated carbocycles. The van der Waals surface area contributed by atoms with Gasteiger partial charge < -0.3 is 19.7 Å². The van der Waals surface area contributed by atoms with Gasteiger partial charge in [-0.3, -0.25) is 9.59 Å². The molecular formula is C16H20N2O4S. The van der Waals surface area contributed by atoms with E-state index in [1.165, 1.54) is 18.3 Å². The molecule has 2 heterocycles. The third kappa shape index (κ3) is 4.20. The number of nitrogens with zero attached hydrogens (tertiary/aromatic N) is 1. The van der Waals surface area contributed by atoms with Crippen molar-refractivity contribution in [3.8, 4) is 0 Å². The molecule has 23 heavy (non-hydrogen) atoms. The monoisotopic (exact) mass is 336 g/mol. The molecule has 2 aromatic heterocycles. The Morgan fingerprint density at radius 3 is 2.78 bits per heavy atom. The molecular weight excluding hydrogens is 316 g/mol. The third-order valence-electron chi connectivity index (χ3n) is 3.46. The Balaban J connectivity index is 2.29. The van der Waals surface area contributed by atoms with E-state index in [4.69, 9.17) is 4.42 Å². The number of anilines is 1. The van der Waals surface area contributed by atoms with Crippen LogP contribution in [0.4, 0.5) is 5.69 Å². The number of rotatable bonds is 7. The van der Waals surface area contributed by atoms with Crippen molar-refractivity contribution >= 4 is 28.8 Å². The Morgan fingerprint density at radius 2 is 2.22 bits per heavy atom. The highest BCUT2D eigenvalue weighted by molar-refractivity contribution is 7.12. The highest BCUT2D eigenvalue weighted by Crippen LogP contribution is 2.26. The van der Waals surface area contributed by atoms with Crippen molar-refractivity contribution in [2.75, 3.05) is 11.9 Å². The van der Waals surface area contributed by atoms with Crippen LogP contribution in [0.1, 0.15) is 35.7 Å². The van der Waals surface area contributed by atoms with Crippen molar-refractivity contribution in [1.29, 1.82) is 0 Å². The van der Waals surface area contributed by atoms with Gasteiger partial charge in [0.05, 0.1) is 31.1 Å². The van der Waals surface area contributed by atoms with Crippen LogP contribution in [0.2, 0.25) is 0 Å². The fourth-order valence-electron chi connectivity index (χ4n) is 2.28. The van der Waals surface area contributed by atoms with E-state index in [9.17, 15) is 14.7 Å². The van der Waals surface area contributed by atoms with Crippen molar-refractivity contribution < 1.29 is 19.1 Å². The largest absolute Gasteiger partial charge is 0.467 e. The molecule has 0 fully saturated rings. The van der Waals surface area contributed by atoms with E-state index in [-0.39, 0.29) is 31.0 Å². The van der Waals surface area contributed by atoms with Gasteiger partial charge in [-0.05, 0) is 30.0 Å². The van der Waals surface area contributed by atoms with Crippen LogP contribution in [0, 0.1) is 0 Å². The maximum Gasteiger partial charge on any atom is 0.266 e. The second-order valence-electron chi connectivity index (χ2n) is 5.10. The molecule has 0 aliphatic rings. The number of carbonyl (C=O) groups excluding carboxylic acids is 2. The zero-order valence-corrected chi connectivity index (χ0v) is 13.9. The minimum atomic E-state index is -0.320. The molecule has 0 aromatic carbocycles. The SMILES string of the molecule is CC[C@H](CO)N(Cc1ccco1)C(=O)c1sccc1NC(C)=O. The van der Waals surface area contributed by atoms with E-state index < -0.39 is 0 Å². The summed E-state index contributed by atoms with van der Waals surface area (Å²) in [5.41, 5.74) is 0.490. The summed E-state index contributed by atoms with van der Waals surface area (Å²) in [5, 5.41) is 14.0. The van der Waals surface area contributed by atoms with E-state index in [1.807, 2.05) is 6.92 Å². The number of furan rings is 1. The zero-order chi connectivity index (χ0) is 16.8. The number of hydrogen-bond donors (Lipinski definition) is 2. The second kappa shape index (κ2) is 7.94. The molecule has 0 aliphatic heterocycles. The summed E-state index contributed by atoms with van der Waals surface area (Å²) in [6.45, 7) is 3.44. The summed E-state index contributed by atoms with van der Waals surface area (Å²) in [5.74, 6) is 0.174. The summed E-state index contributed by atoms with van der Waals surface area (Å²) < 4.78 is 5.32. The molecule has 2 amide bonds. The van der Waals surface area contributed by atoms with E-state index in [0.717, 1.165) is 0 Å². The van der Waals surface area contributed by atoms with E-state index in [0.29, 0.717) is 22.7 Å². The van der Waals surface area contributed by atoms with Gasteiger partial charge >= 0.3 is 0 Å². The summed E-state index contributed by atoms with van der Waals surface area (Å²) in [6.07, 6.45) is 2.16. The Hall–Kier alpha value is -2.12. The van der Waals surface area contributed by atoms with E-state index in [1.54, 1.807) is 34.7 Å². The quantitative estimate of drug-likeness (QED) is 0.814. The fraction of sp³-hybridized carbons (Fsp3) is 0.375. The first-order valence-electron chi connectivity index (χ1n) is 7.36. The average molecular weight is 336 g/mol. The highest BCUT2D eigenvalue weighted by Gasteiger charge is 2.27. The lowest BCUT2D eigenvalue weighted by Crippen LogP contribution is -2.41. The molecule has 0 spiro atoms. The van der Waals surface area contributed by atoms with Crippen LogP contribution in [-0.4, -0.2) is 34.5 Å². The van der Waals surface area contributed by atoms with Gasteiger partial charge in [-0.1, -0.05) is 6.92 Å². The van der Waals surface area contributed by atoms with Crippen molar-refractivity contribution in [2.45, 2.75) is 32.9 Å². The first-order chi connectivity index (χ1) is 11.1. The van der Waals surface area contributed by atoms with Gasteiger partial charge in [-0.15, -0.1) is 11.3 Å². The molecule has 0 saturated heterocycles. The molecule has 1 atom stereocenters. The Morgan fingerprint density at radius 1 is 1.43 bits per heavy atom. The molecule has 0 radical (unpaired) electrons. The standard InChI is InChI=1S/C16H20N2O4S/c1-3-12(10-19)18(9-13-5-4-7-22-13)16(21)15-14(6-8-23-15)17-11(2)20/h4-8,12,19H,3,9-10H2,1-2H3,(H,17,20)/t12-/m1/s1. The van der Waals surface area contributed by atoms with Gasteiger partial charge in [0, 0.05) is 6.92 Å². The number of aliphatic hydroxyl groups is 1. The van der Waals surface area contributed by atoms with Crippen LogP contribution in [0.15, 0.2) is 34.3 Å². The summed E-state index contributed by atoms with van der Waals surface area (Å²) >= 11 is 1.26. The summed E-state index contributed by atoms with van der Waals surface area (Å²) in [4.78, 5) is 26.2. The molecule has 0 aliphatic carbocycles. The molecule has 6 nitrogen and oxygen atoms in total. The first kappa shape index (κ1) is 17.2. The molecule has 7 heteroatoms. The lowest BCUT2D eigenvalue weighted by Gasteiger charge is -2.29. The molecule has 0 bridgehead atoms. The van der Waals surface area contributed by atoms with Gasteiger partial charge in [0.2, 0.25) is 5.91 Å². The minimum Gasteiger partial charge on any atom is -0.467 e. The summed E-state index contributed by atoms with van der Waals surface area (Å²) in [6, 6.07) is 4.92. The van der Waals surface area contributed by atoms with Gasteiger partial charge in [0.25, 0.3) is 5.91 Å². The van der Waals surface area contributed by atoms with Crippen molar-refractivity contribution in [2.24, 2.45) is 0 Å². The third-order valence-corrected chi connectivity index (χ3v) is 4.36. The van der Waals surface area contributed by atoms with Crippen molar-refractivity contribution in [1.82, 2.24) is 4.90 Å². The smallest absolute Gasteiger partial charge is 0.266 e. The number of aliphatic hydroxyl groups excluding tert-OH is 1. The Labute approximate surface area is 138 Å². The number of nitrogens with one attached hydrogen (secondary N) is 1. The maximum atomic E-state index is 12.9. The van der Waals surface area contributed by atoms with Gasteiger partial charge in [0.1, 0.15) is 10.6 Å². The fourth-order valence-corrected chi connectivity index (χ4v) is 3.08.